The van der Waals surface area contributed by atoms with Crippen LogP contribution >= 0.6 is 0 Å². The van der Waals surface area contributed by atoms with E-state index in [1.807, 2.05) is 39.8 Å². The second kappa shape index (κ2) is 13.0. The Hall–Kier alpha value is -3.54. The summed E-state index contributed by atoms with van der Waals surface area (Å²) >= 11 is 0. The fourth-order valence-electron chi connectivity index (χ4n) is 6.17. The van der Waals surface area contributed by atoms with Crippen molar-refractivity contribution in [3.05, 3.63) is 60.3 Å². The number of methoxy groups -OCH3 is 1. The van der Waals surface area contributed by atoms with Gasteiger partial charge >= 0.3 is 5.97 Å². The first-order valence-corrected chi connectivity index (χ1v) is 14.5. The number of imidazole rings is 1. The van der Waals surface area contributed by atoms with Crippen molar-refractivity contribution < 1.29 is 24.2 Å². The van der Waals surface area contributed by atoms with Gasteiger partial charge in [0.2, 0.25) is 0 Å². The maximum absolute atomic E-state index is 14.2. The number of nitrogens with one attached hydrogen (secondary N) is 1. The molecule has 11 nitrogen and oxygen atoms in total. The molecule has 5 rings (SSSR count). The van der Waals surface area contributed by atoms with Crippen LogP contribution in [0.15, 0.2) is 49.1 Å². The van der Waals surface area contributed by atoms with Crippen molar-refractivity contribution in [1.82, 2.24) is 29.5 Å². The third-order valence-electron chi connectivity index (χ3n) is 8.18. The average Bonchev–Trinajstić information content (AvgIpc) is 3.65. The van der Waals surface area contributed by atoms with Crippen LogP contribution in [0.25, 0.3) is 11.3 Å². The van der Waals surface area contributed by atoms with Crippen LogP contribution in [-0.4, -0.2) is 92.8 Å². The maximum atomic E-state index is 14.2. The summed E-state index contributed by atoms with van der Waals surface area (Å²) in [6.07, 6.45) is 8.87. The molecular weight excluding hydrogens is 524 g/mol. The number of aryl methyl sites for hydroxylation is 1. The summed E-state index contributed by atoms with van der Waals surface area (Å²) < 4.78 is 14.2. The summed E-state index contributed by atoms with van der Waals surface area (Å²) in [5.41, 5.74) is 1.36. The molecule has 3 aromatic rings. The number of rotatable bonds is 10. The minimum atomic E-state index is -1.04. The highest BCUT2D eigenvalue weighted by atomic mass is 16.5. The van der Waals surface area contributed by atoms with Crippen molar-refractivity contribution in [1.29, 1.82) is 0 Å². The van der Waals surface area contributed by atoms with E-state index < -0.39 is 11.6 Å². The van der Waals surface area contributed by atoms with Crippen LogP contribution < -0.4 is 5.32 Å². The molecule has 0 bridgehead atoms. The predicted octanol–water partition coefficient (Wildman–Crippen LogP) is 2.92. The second-order valence-electron chi connectivity index (χ2n) is 10.9. The molecule has 1 saturated heterocycles. The number of nitrogens with zero attached hydrogens (tertiary/aromatic N) is 5. The summed E-state index contributed by atoms with van der Waals surface area (Å²) in [7, 11) is 1.61. The minimum Gasteiger partial charge on any atom is -0.462 e. The zero-order chi connectivity index (χ0) is 28.8. The van der Waals surface area contributed by atoms with E-state index in [4.69, 9.17) is 14.5 Å². The predicted molar refractivity (Wildman–Crippen MR) is 152 cm³/mol. The van der Waals surface area contributed by atoms with Gasteiger partial charge in [0.15, 0.2) is 5.69 Å². The van der Waals surface area contributed by atoms with Crippen LogP contribution in [0.1, 0.15) is 65.9 Å². The maximum Gasteiger partial charge on any atom is 0.341 e. The Bertz CT molecular complexity index is 1320. The van der Waals surface area contributed by atoms with Crippen LogP contribution in [-0.2, 0) is 16.0 Å². The van der Waals surface area contributed by atoms with Gasteiger partial charge in [-0.05, 0) is 26.2 Å². The molecule has 1 aliphatic heterocycles. The van der Waals surface area contributed by atoms with E-state index in [0.29, 0.717) is 56.9 Å². The molecule has 11 heteroatoms. The molecule has 1 aliphatic carbocycles. The standard InChI is InChI=1S/C30H40N6O5/c1-3-41-29(38)23-17-33-34(19-23)15-12-24-18-31-14-16-35(24)28(37)26-27(22-9-5-4-6-10-22)36(21-32-26)25-11-7-8-13-30(25,39)20-40-2/h4-6,9-10,17,19,21,24-25,31,39H,3,7-8,11-16,18,20H2,1-2H3/t24-,25-,30-/m1/s1. The molecular formula is C30H40N6O5. The summed E-state index contributed by atoms with van der Waals surface area (Å²) in [5, 5.41) is 19.3. The number of aromatic nitrogens is 4. The number of hydrogen-bond donors (Lipinski definition) is 2. The normalized spacial score (nSPS) is 23.0. The zero-order valence-corrected chi connectivity index (χ0v) is 23.9. The summed E-state index contributed by atoms with van der Waals surface area (Å²) in [4.78, 5) is 32.8. The highest BCUT2D eigenvalue weighted by Gasteiger charge is 2.42. The molecule has 0 radical (unpaired) electrons. The van der Waals surface area contributed by atoms with Gasteiger partial charge < -0.3 is 29.4 Å². The number of hydrogen-bond acceptors (Lipinski definition) is 8. The van der Waals surface area contributed by atoms with Crippen molar-refractivity contribution in [2.24, 2.45) is 0 Å². The van der Waals surface area contributed by atoms with Gasteiger partial charge in [0.1, 0.15) is 5.60 Å². The summed E-state index contributed by atoms with van der Waals surface area (Å²) in [5.74, 6) is -0.526. The quantitative estimate of drug-likeness (QED) is 0.361. The van der Waals surface area contributed by atoms with Gasteiger partial charge in [0.25, 0.3) is 5.91 Å². The van der Waals surface area contributed by atoms with Gasteiger partial charge in [0.05, 0.1) is 43.0 Å². The molecule has 41 heavy (non-hydrogen) atoms. The average molecular weight is 565 g/mol. The van der Waals surface area contributed by atoms with Crippen LogP contribution in [0, 0.1) is 0 Å². The molecule has 3 atom stereocenters. The highest BCUT2D eigenvalue weighted by molar-refractivity contribution is 5.98. The molecule has 2 aromatic heterocycles. The Balaban J connectivity index is 1.42. The Morgan fingerprint density at radius 3 is 2.83 bits per heavy atom. The van der Waals surface area contributed by atoms with Gasteiger partial charge in [-0.2, -0.15) is 5.10 Å². The zero-order valence-electron chi connectivity index (χ0n) is 23.9. The van der Waals surface area contributed by atoms with E-state index in [1.54, 1.807) is 31.2 Å². The minimum absolute atomic E-state index is 0.0830. The first-order valence-electron chi connectivity index (χ1n) is 14.5. The lowest BCUT2D eigenvalue weighted by molar-refractivity contribution is -0.0893. The van der Waals surface area contributed by atoms with Gasteiger partial charge in [-0.15, -0.1) is 0 Å². The number of piperazine rings is 1. The van der Waals surface area contributed by atoms with Crippen molar-refractivity contribution in [3.63, 3.8) is 0 Å². The fourth-order valence-corrected chi connectivity index (χ4v) is 6.17. The smallest absolute Gasteiger partial charge is 0.341 e. The molecule has 2 N–H and O–H groups in total. The number of amides is 1. The van der Waals surface area contributed by atoms with Crippen molar-refractivity contribution >= 4 is 11.9 Å². The Morgan fingerprint density at radius 1 is 1.22 bits per heavy atom. The Morgan fingerprint density at radius 2 is 2.05 bits per heavy atom. The molecule has 1 amide bonds. The monoisotopic (exact) mass is 564 g/mol. The summed E-state index contributed by atoms with van der Waals surface area (Å²) in [6, 6.07) is 9.47. The van der Waals surface area contributed by atoms with Crippen LogP contribution in [0.5, 0.6) is 0 Å². The van der Waals surface area contributed by atoms with E-state index in [-0.39, 0.29) is 24.6 Å². The molecule has 220 valence electrons. The lowest BCUT2D eigenvalue weighted by Gasteiger charge is -2.41. The van der Waals surface area contributed by atoms with Gasteiger partial charge in [-0.3, -0.25) is 9.48 Å². The Kier molecular flexibility index (Phi) is 9.16. The third-order valence-corrected chi connectivity index (χ3v) is 8.18. The van der Waals surface area contributed by atoms with Gasteiger partial charge in [-0.25, -0.2) is 9.78 Å². The molecule has 1 saturated carbocycles. The molecule has 3 heterocycles. The van der Waals surface area contributed by atoms with Crippen molar-refractivity contribution in [2.45, 2.75) is 63.3 Å². The van der Waals surface area contributed by atoms with Gasteiger partial charge in [0, 0.05) is 51.1 Å². The first kappa shape index (κ1) is 29.0. The number of esters is 1. The van der Waals surface area contributed by atoms with Crippen LogP contribution in [0.2, 0.25) is 0 Å². The third kappa shape index (κ3) is 6.22. The molecule has 0 unspecified atom stereocenters. The fraction of sp³-hybridized carbons (Fsp3) is 0.533. The molecule has 1 aromatic carbocycles. The first-order chi connectivity index (χ1) is 19.9. The highest BCUT2D eigenvalue weighted by Crippen LogP contribution is 2.41. The van der Waals surface area contributed by atoms with E-state index in [2.05, 4.69) is 10.4 Å². The molecule has 0 spiro atoms. The van der Waals surface area contributed by atoms with Crippen molar-refractivity contribution in [2.75, 3.05) is 40.0 Å². The van der Waals surface area contributed by atoms with Gasteiger partial charge in [-0.1, -0.05) is 43.2 Å². The van der Waals surface area contributed by atoms with Crippen LogP contribution in [0.3, 0.4) is 0 Å². The lowest BCUT2D eigenvalue weighted by Crippen LogP contribution is -2.54. The number of aliphatic hydroxyl groups is 1. The van der Waals surface area contributed by atoms with E-state index >= 15 is 0 Å². The number of ether oxygens (including phenoxy) is 2. The number of carbonyl (C=O) groups is 2. The molecule has 2 aliphatic rings. The number of carbonyl (C=O) groups excluding carboxylic acids is 2. The SMILES string of the molecule is CCOC(=O)c1cnn(CC[C@@H]2CNCCN2C(=O)c2ncn([C@@H]3CCCC[C@@]3(O)COC)c2-c2ccccc2)c1. The Labute approximate surface area is 240 Å². The second-order valence-corrected chi connectivity index (χ2v) is 10.9. The van der Waals surface area contributed by atoms with E-state index in [0.717, 1.165) is 30.5 Å². The summed E-state index contributed by atoms with van der Waals surface area (Å²) in [6.45, 7) is 4.73. The molecule has 2 fully saturated rings. The van der Waals surface area contributed by atoms with Crippen molar-refractivity contribution in [3.8, 4) is 11.3 Å². The topological polar surface area (TPSA) is 124 Å². The van der Waals surface area contributed by atoms with E-state index in [9.17, 15) is 14.7 Å². The largest absolute Gasteiger partial charge is 0.462 e. The van der Waals surface area contributed by atoms with E-state index in [1.165, 1.54) is 6.20 Å². The van der Waals surface area contributed by atoms with Crippen LogP contribution in [0.4, 0.5) is 0 Å². The lowest BCUT2D eigenvalue weighted by atomic mass is 9.80. The number of benzene rings is 1.